The lowest BCUT2D eigenvalue weighted by Crippen LogP contribution is -2.42. The molecule has 198 valence electrons. The summed E-state index contributed by atoms with van der Waals surface area (Å²) in [5.41, 5.74) is 5.43. The first kappa shape index (κ1) is 24.2. The van der Waals surface area contributed by atoms with Gasteiger partial charge in [-0.25, -0.2) is 9.97 Å². The molecule has 0 fully saturated rings. The van der Waals surface area contributed by atoms with E-state index in [0.717, 1.165) is 58.2 Å². The van der Waals surface area contributed by atoms with Gasteiger partial charge < -0.3 is 24.4 Å². The highest BCUT2D eigenvalue weighted by atomic mass is 16.5. The van der Waals surface area contributed by atoms with Crippen molar-refractivity contribution in [1.29, 1.82) is 0 Å². The van der Waals surface area contributed by atoms with E-state index < -0.39 is 6.23 Å². The van der Waals surface area contributed by atoms with Crippen LogP contribution >= 0.6 is 0 Å². The Kier molecular flexibility index (Phi) is 6.06. The molecule has 7 heteroatoms. The average molecular weight is 529 g/mol. The highest BCUT2D eigenvalue weighted by Crippen LogP contribution is 2.52. The fourth-order valence-corrected chi connectivity index (χ4v) is 5.63. The number of ether oxygens (including phenoxy) is 2. The van der Waals surface area contributed by atoms with E-state index in [1.54, 1.807) is 12.4 Å². The zero-order chi connectivity index (χ0) is 27.1. The number of benzene rings is 4. The lowest BCUT2D eigenvalue weighted by Gasteiger charge is -2.41. The Morgan fingerprint density at radius 1 is 0.700 bits per heavy atom. The SMILES string of the molecule is CCCc1c(-c2ncccn2)ccc2c1N(C(O)CN1c3ccccc3Oc3ccccc31)c1ccccc1O2. The molecular weight excluding hydrogens is 500 g/mol. The molecule has 3 heterocycles. The van der Waals surface area contributed by atoms with E-state index in [1.807, 2.05) is 95.9 Å². The number of aliphatic hydroxyl groups is 1. The largest absolute Gasteiger partial charge is 0.453 e. The summed E-state index contributed by atoms with van der Waals surface area (Å²) >= 11 is 0. The summed E-state index contributed by atoms with van der Waals surface area (Å²) in [6.45, 7) is 2.44. The number of β-amino-alcohol motifs (C(OH)–C–C–N with tert-alkyl or cyclic N) is 1. The third-order valence-corrected chi connectivity index (χ3v) is 7.31. The molecule has 40 heavy (non-hydrogen) atoms. The molecule has 4 aromatic carbocycles. The molecule has 0 spiro atoms. The van der Waals surface area contributed by atoms with Crippen molar-refractivity contribution < 1.29 is 14.6 Å². The minimum atomic E-state index is -0.925. The van der Waals surface area contributed by atoms with Gasteiger partial charge in [0, 0.05) is 18.0 Å². The van der Waals surface area contributed by atoms with Gasteiger partial charge in [0.15, 0.2) is 28.8 Å². The molecule has 2 aliphatic heterocycles. The molecule has 0 radical (unpaired) electrons. The molecule has 1 unspecified atom stereocenters. The zero-order valence-corrected chi connectivity index (χ0v) is 22.1. The minimum Gasteiger partial charge on any atom is -0.453 e. The van der Waals surface area contributed by atoms with E-state index >= 15 is 0 Å². The number of aromatic nitrogens is 2. The van der Waals surface area contributed by atoms with Crippen molar-refractivity contribution in [3.05, 3.63) is 109 Å². The number of para-hydroxylation sites is 6. The molecule has 1 aromatic heterocycles. The molecule has 1 atom stereocenters. The molecule has 7 rings (SSSR count). The van der Waals surface area contributed by atoms with Crippen LogP contribution < -0.4 is 19.3 Å². The lowest BCUT2D eigenvalue weighted by molar-refractivity contribution is 0.185. The number of rotatable bonds is 6. The zero-order valence-electron chi connectivity index (χ0n) is 22.1. The van der Waals surface area contributed by atoms with E-state index in [1.165, 1.54) is 0 Å². The quantitative estimate of drug-likeness (QED) is 0.243. The summed E-state index contributed by atoms with van der Waals surface area (Å²) in [6.07, 6.45) is 4.26. The molecule has 7 nitrogen and oxygen atoms in total. The van der Waals surface area contributed by atoms with Crippen molar-refractivity contribution in [2.24, 2.45) is 0 Å². The van der Waals surface area contributed by atoms with Crippen LogP contribution in [0.5, 0.6) is 23.0 Å². The maximum absolute atomic E-state index is 12.2. The average Bonchev–Trinajstić information content (AvgIpc) is 3.00. The third kappa shape index (κ3) is 4.03. The molecule has 0 amide bonds. The predicted octanol–water partition coefficient (Wildman–Crippen LogP) is 7.60. The van der Waals surface area contributed by atoms with Gasteiger partial charge in [-0.05, 0) is 66.6 Å². The maximum Gasteiger partial charge on any atom is 0.159 e. The van der Waals surface area contributed by atoms with Gasteiger partial charge >= 0.3 is 0 Å². The van der Waals surface area contributed by atoms with Gasteiger partial charge in [0.25, 0.3) is 0 Å². The molecule has 0 saturated carbocycles. The van der Waals surface area contributed by atoms with Gasteiger partial charge in [-0.2, -0.15) is 0 Å². The Hall–Kier alpha value is -4.88. The minimum absolute atomic E-state index is 0.294. The van der Waals surface area contributed by atoms with E-state index in [4.69, 9.17) is 9.47 Å². The third-order valence-electron chi connectivity index (χ3n) is 7.31. The van der Waals surface area contributed by atoms with E-state index in [2.05, 4.69) is 21.8 Å². The van der Waals surface area contributed by atoms with Crippen molar-refractivity contribution in [2.75, 3.05) is 16.3 Å². The lowest BCUT2D eigenvalue weighted by atomic mass is 9.96. The first-order chi connectivity index (χ1) is 19.7. The highest BCUT2D eigenvalue weighted by Gasteiger charge is 2.35. The van der Waals surface area contributed by atoms with Crippen molar-refractivity contribution in [3.8, 4) is 34.4 Å². The molecule has 0 saturated heterocycles. The molecule has 2 aliphatic rings. The Morgan fingerprint density at radius 2 is 1.27 bits per heavy atom. The summed E-state index contributed by atoms with van der Waals surface area (Å²) in [5, 5.41) is 12.2. The monoisotopic (exact) mass is 528 g/mol. The Labute approximate surface area is 232 Å². The summed E-state index contributed by atoms with van der Waals surface area (Å²) in [4.78, 5) is 13.2. The molecule has 1 N–H and O–H groups in total. The first-order valence-corrected chi connectivity index (χ1v) is 13.5. The van der Waals surface area contributed by atoms with Gasteiger partial charge in [0.1, 0.15) is 6.23 Å². The summed E-state index contributed by atoms with van der Waals surface area (Å²) in [5.74, 6) is 3.56. The number of nitrogens with zero attached hydrogens (tertiary/aromatic N) is 4. The molecular formula is C33H28N4O3. The van der Waals surface area contributed by atoms with Crippen molar-refractivity contribution in [2.45, 2.75) is 26.0 Å². The van der Waals surface area contributed by atoms with Crippen molar-refractivity contribution in [3.63, 3.8) is 0 Å². The smallest absolute Gasteiger partial charge is 0.159 e. The normalized spacial score (nSPS) is 13.8. The van der Waals surface area contributed by atoms with Gasteiger partial charge in [-0.1, -0.05) is 49.7 Å². The number of aliphatic hydroxyl groups excluding tert-OH is 1. The van der Waals surface area contributed by atoms with Gasteiger partial charge in [-0.15, -0.1) is 0 Å². The van der Waals surface area contributed by atoms with E-state index in [0.29, 0.717) is 23.9 Å². The van der Waals surface area contributed by atoms with Crippen LogP contribution in [-0.4, -0.2) is 27.8 Å². The van der Waals surface area contributed by atoms with Crippen LogP contribution in [0.2, 0.25) is 0 Å². The van der Waals surface area contributed by atoms with Crippen LogP contribution in [0, 0.1) is 0 Å². The second kappa shape index (κ2) is 10.0. The Morgan fingerprint density at radius 3 is 1.93 bits per heavy atom. The van der Waals surface area contributed by atoms with Crippen LogP contribution in [-0.2, 0) is 6.42 Å². The van der Waals surface area contributed by atoms with Crippen LogP contribution in [0.25, 0.3) is 11.4 Å². The van der Waals surface area contributed by atoms with Crippen molar-refractivity contribution >= 4 is 22.7 Å². The van der Waals surface area contributed by atoms with Gasteiger partial charge in [0.2, 0.25) is 0 Å². The van der Waals surface area contributed by atoms with Crippen LogP contribution in [0.3, 0.4) is 0 Å². The Bertz CT molecular complexity index is 1650. The number of hydrogen-bond acceptors (Lipinski definition) is 7. The second-order valence-electron chi connectivity index (χ2n) is 9.83. The molecule has 0 aliphatic carbocycles. The van der Waals surface area contributed by atoms with E-state index in [-0.39, 0.29) is 0 Å². The van der Waals surface area contributed by atoms with Crippen LogP contribution in [0.15, 0.2) is 103 Å². The fourth-order valence-electron chi connectivity index (χ4n) is 5.63. The number of anilines is 4. The summed E-state index contributed by atoms with van der Waals surface area (Å²) in [7, 11) is 0. The summed E-state index contributed by atoms with van der Waals surface area (Å²) in [6, 6.07) is 29.5. The van der Waals surface area contributed by atoms with Gasteiger partial charge in [-0.3, -0.25) is 0 Å². The Balaban J connectivity index is 1.38. The molecule has 5 aromatic rings. The fraction of sp³-hybridized carbons (Fsp3) is 0.152. The van der Waals surface area contributed by atoms with Crippen LogP contribution in [0.4, 0.5) is 22.7 Å². The number of hydrogen-bond donors (Lipinski definition) is 1. The van der Waals surface area contributed by atoms with Crippen LogP contribution in [0.1, 0.15) is 18.9 Å². The predicted molar refractivity (Wildman–Crippen MR) is 156 cm³/mol. The van der Waals surface area contributed by atoms with Gasteiger partial charge in [0.05, 0.1) is 29.3 Å². The first-order valence-electron chi connectivity index (χ1n) is 13.5. The van der Waals surface area contributed by atoms with E-state index in [9.17, 15) is 5.11 Å². The molecule has 0 bridgehead atoms. The number of fused-ring (bicyclic) bond motifs is 4. The summed E-state index contributed by atoms with van der Waals surface area (Å²) < 4.78 is 12.6. The second-order valence-corrected chi connectivity index (χ2v) is 9.83. The standard InChI is InChI=1S/C33H28N4O3/c1-2-10-22-23(33-34-19-9-20-35-33)17-18-30-32(22)37(26-13-5-8-16-29(26)40-30)31(38)21-36-24-11-3-6-14-27(24)39-28-15-7-4-12-25(28)36/h3-9,11-20,31,38H,2,10,21H2,1H3. The topological polar surface area (TPSA) is 71.0 Å². The highest BCUT2D eigenvalue weighted by molar-refractivity contribution is 5.86. The maximum atomic E-state index is 12.2. The van der Waals surface area contributed by atoms with Crippen molar-refractivity contribution in [1.82, 2.24) is 9.97 Å².